The number of fused-ring (bicyclic) bond motifs is 1. The summed E-state index contributed by atoms with van der Waals surface area (Å²) in [5.74, 6) is 0.765. The van der Waals surface area contributed by atoms with E-state index in [9.17, 15) is 9.00 Å². The van der Waals surface area contributed by atoms with Crippen LogP contribution in [0.3, 0.4) is 0 Å². The van der Waals surface area contributed by atoms with Gasteiger partial charge in [0.25, 0.3) is 0 Å². The minimum atomic E-state index is -1.17. The van der Waals surface area contributed by atoms with Gasteiger partial charge >= 0.3 is 5.97 Å². The maximum Gasteiger partial charge on any atom is 0.306 e. The molecule has 1 aromatic carbocycles. The van der Waals surface area contributed by atoms with Crippen molar-refractivity contribution < 1.29 is 13.7 Å². The molecule has 184 valence electrons. The van der Waals surface area contributed by atoms with Crippen molar-refractivity contribution >= 4 is 66.9 Å². The molecule has 35 heavy (non-hydrogen) atoms. The first kappa shape index (κ1) is 25.8. The lowest BCUT2D eigenvalue weighted by atomic mass is 10.0. The van der Waals surface area contributed by atoms with Crippen molar-refractivity contribution in [1.29, 1.82) is 0 Å². The summed E-state index contributed by atoms with van der Waals surface area (Å²) in [5.41, 5.74) is 10.6. The normalized spacial score (nSPS) is 12.2. The summed E-state index contributed by atoms with van der Waals surface area (Å²) in [6.07, 6.45) is 4.52. The van der Waals surface area contributed by atoms with Gasteiger partial charge in [-0.25, -0.2) is 9.97 Å². The molecule has 6 nitrogen and oxygen atoms in total. The second kappa shape index (κ2) is 12.1. The van der Waals surface area contributed by atoms with Crippen LogP contribution in [0.2, 0.25) is 0 Å². The van der Waals surface area contributed by atoms with Crippen LogP contribution in [0.1, 0.15) is 38.2 Å². The molecule has 0 saturated heterocycles. The number of benzene rings is 1. The zero-order valence-electron chi connectivity index (χ0n) is 19.3. The molecule has 2 N–H and O–H groups in total. The molecule has 4 aromatic rings. The van der Waals surface area contributed by atoms with E-state index >= 15 is 0 Å². The lowest BCUT2D eigenvalue weighted by Gasteiger charge is -2.09. The van der Waals surface area contributed by atoms with Crippen molar-refractivity contribution in [2.75, 3.05) is 17.4 Å². The molecule has 3 aromatic heterocycles. The van der Waals surface area contributed by atoms with Crippen molar-refractivity contribution in [3.8, 4) is 21.8 Å². The Morgan fingerprint density at radius 1 is 1.23 bits per heavy atom. The quantitative estimate of drug-likeness (QED) is 0.167. The number of unbranched alkanes of at least 4 members (excludes halogenated alkanes) is 1. The van der Waals surface area contributed by atoms with Crippen LogP contribution in [-0.4, -0.2) is 31.8 Å². The number of hydrogen-bond donors (Lipinski definition) is 1. The number of carbonyl (C=O) groups is 1. The van der Waals surface area contributed by atoms with E-state index in [0.29, 0.717) is 34.4 Å². The van der Waals surface area contributed by atoms with Crippen LogP contribution < -0.4 is 5.73 Å². The van der Waals surface area contributed by atoms with E-state index in [1.165, 1.54) is 22.7 Å². The molecule has 0 spiro atoms. The number of thiophene rings is 1. The largest absolute Gasteiger partial charge is 0.461 e. The Morgan fingerprint density at radius 3 is 2.71 bits per heavy atom. The fourth-order valence-corrected chi connectivity index (χ4v) is 7.08. The average Bonchev–Trinajstić information content (AvgIpc) is 3.53. The summed E-state index contributed by atoms with van der Waals surface area (Å²) in [6.45, 7) is 2.29. The monoisotopic (exact) mass is 547 g/mol. The Morgan fingerprint density at radius 2 is 2.03 bits per heavy atom. The third-order valence-corrected chi connectivity index (χ3v) is 9.44. The molecule has 3 heterocycles. The summed E-state index contributed by atoms with van der Waals surface area (Å²) in [5, 5.41) is 3.54. The molecule has 0 aliphatic heterocycles. The van der Waals surface area contributed by atoms with Crippen molar-refractivity contribution in [3.05, 3.63) is 47.5 Å². The number of hydrogen-bond acceptors (Lipinski definition) is 8. The Kier molecular flexibility index (Phi) is 8.89. The number of ether oxygens (including phenoxy) is 1. The first-order valence-corrected chi connectivity index (χ1v) is 14.9. The van der Waals surface area contributed by atoms with Gasteiger partial charge in [0.2, 0.25) is 0 Å². The molecule has 0 saturated carbocycles. The van der Waals surface area contributed by atoms with E-state index in [-0.39, 0.29) is 12.6 Å². The van der Waals surface area contributed by atoms with Gasteiger partial charge in [0.15, 0.2) is 0 Å². The van der Waals surface area contributed by atoms with Crippen LogP contribution in [0.25, 0.3) is 32.0 Å². The van der Waals surface area contributed by atoms with Crippen molar-refractivity contribution in [2.45, 2.75) is 43.4 Å². The standard InChI is InChI=1S/C25H26ClN3O3S3/c1-2-3-13-35(31)25-22(27)21-18(14-19(29-24(21)34-25)23-28-11-12-33-23)17-8-6-16(7-9-17)15-32-20(30)5-4-10-26/h6-9,11-12,14H,2-5,10,13,15,27H2,1H3. The van der Waals surface area contributed by atoms with E-state index in [1.54, 1.807) is 6.20 Å². The Bertz CT molecular complexity index is 1320. The number of aromatic nitrogens is 2. The predicted molar refractivity (Wildman–Crippen MR) is 147 cm³/mol. The highest BCUT2D eigenvalue weighted by molar-refractivity contribution is 7.87. The van der Waals surface area contributed by atoms with Gasteiger partial charge in [-0.15, -0.1) is 34.3 Å². The molecular weight excluding hydrogens is 522 g/mol. The Hall–Kier alpha value is -2.33. The first-order valence-electron chi connectivity index (χ1n) is 11.3. The summed E-state index contributed by atoms with van der Waals surface area (Å²) < 4.78 is 19.0. The Balaban J connectivity index is 1.70. The summed E-state index contributed by atoms with van der Waals surface area (Å²) in [7, 11) is -1.17. The number of alkyl halides is 1. The van der Waals surface area contributed by atoms with Crippen LogP contribution in [0.5, 0.6) is 0 Å². The molecule has 10 heteroatoms. The number of nitrogens with two attached hydrogens (primary N) is 1. The minimum Gasteiger partial charge on any atom is -0.461 e. The highest BCUT2D eigenvalue weighted by Gasteiger charge is 2.21. The van der Waals surface area contributed by atoms with Crippen LogP contribution in [0.4, 0.5) is 5.69 Å². The predicted octanol–water partition coefficient (Wildman–Crippen LogP) is 6.64. The minimum absolute atomic E-state index is 0.207. The van der Waals surface area contributed by atoms with E-state index in [1.807, 2.05) is 35.7 Å². The fourth-order valence-electron chi connectivity index (χ4n) is 3.55. The fraction of sp³-hybridized carbons (Fsp3) is 0.320. The number of anilines is 1. The van der Waals surface area contributed by atoms with E-state index in [4.69, 9.17) is 27.1 Å². The van der Waals surface area contributed by atoms with Gasteiger partial charge in [-0.2, -0.15) is 0 Å². The number of rotatable bonds is 11. The van der Waals surface area contributed by atoms with E-state index < -0.39 is 10.8 Å². The molecule has 0 fully saturated rings. The summed E-state index contributed by atoms with van der Waals surface area (Å²) in [6, 6.07) is 9.81. The topological polar surface area (TPSA) is 95.2 Å². The molecule has 0 aliphatic carbocycles. The number of carbonyl (C=O) groups excluding carboxylic acids is 1. The molecular formula is C25H26ClN3O3S3. The van der Waals surface area contributed by atoms with Crippen LogP contribution >= 0.6 is 34.3 Å². The highest BCUT2D eigenvalue weighted by atomic mass is 35.5. The maximum atomic E-state index is 12.9. The molecule has 0 aliphatic rings. The van der Waals surface area contributed by atoms with Crippen LogP contribution in [0, 0.1) is 0 Å². The summed E-state index contributed by atoms with van der Waals surface area (Å²) >= 11 is 8.55. The molecule has 0 bridgehead atoms. The smallest absolute Gasteiger partial charge is 0.306 e. The average molecular weight is 548 g/mol. The molecule has 0 amide bonds. The summed E-state index contributed by atoms with van der Waals surface area (Å²) in [4.78, 5) is 21.8. The second-order valence-electron chi connectivity index (χ2n) is 7.93. The number of nitrogens with zero attached hydrogens (tertiary/aromatic N) is 2. The number of esters is 1. The van der Waals surface area contributed by atoms with Gasteiger partial charge in [-0.05, 0) is 35.6 Å². The number of nitrogen functional groups attached to an aromatic ring is 1. The number of halogens is 1. The highest BCUT2D eigenvalue weighted by Crippen LogP contribution is 2.43. The van der Waals surface area contributed by atoms with Crippen molar-refractivity contribution in [3.63, 3.8) is 0 Å². The number of thiazole rings is 1. The van der Waals surface area contributed by atoms with Crippen molar-refractivity contribution in [2.24, 2.45) is 0 Å². The van der Waals surface area contributed by atoms with Crippen LogP contribution in [0.15, 0.2) is 46.1 Å². The van der Waals surface area contributed by atoms with Gasteiger partial charge in [-0.1, -0.05) is 37.6 Å². The molecule has 1 atom stereocenters. The van der Waals surface area contributed by atoms with E-state index in [0.717, 1.165) is 50.5 Å². The van der Waals surface area contributed by atoms with Gasteiger partial charge in [-0.3, -0.25) is 9.00 Å². The SMILES string of the molecule is CCCCS(=O)c1sc2nc(-c3nccs3)cc(-c3ccc(COC(=O)CCCCl)cc3)c2c1N. The second-order valence-corrected chi connectivity index (χ2v) is 12.0. The van der Waals surface area contributed by atoms with Gasteiger partial charge < -0.3 is 10.5 Å². The van der Waals surface area contributed by atoms with Crippen molar-refractivity contribution in [1.82, 2.24) is 9.97 Å². The lowest BCUT2D eigenvalue weighted by molar-refractivity contribution is -0.144. The zero-order valence-corrected chi connectivity index (χ0v) is 22.5. The first-order chi connectivity index (χ1) is 17.0. The van der Waals surface area contributed by atoms with Gasteiger partial charge in [0.05, 0.1) is 16.5 Å². The van der Waals surface area contributed by atoms with E-state index in [2.05, 4.69) is 11.9 Å². The maximum absolute atomic E-state index is 12.9. The van der Waals surface area contributed by atoms with Gasteiger partial charge in [0, 0.05) is 35.0 Å². The molecule has 4 rings (SSSR count). The van der Waals surface area contributed by atoms with Gasteiger partial charge in [0.1, 0.15) is 26.3 Å². The Labute approximate surface area is 220 Å². The molecule has 1 unspecified atom stereocenters. The van der Waals surface area contributed by atoms with Crippen LogP contribution in [-0.2, 0) is 26.9 Å². The molecule has 0 radical (unpaired) electrons. The number of pyridine rings is 1. The zero-order chi connectivity index (χ0) is 24.8. The third-order valence-electron chi connectivity index (χ3n) is 5.39. The lowest BCUT2D eigenvalue weighted by Crippen LogP contribution is -2.04. The third kappa shape index (κ3) is 6.09.